The second-order valence-corrected chi connectivity index (χ2v) is 8.96. The van der Waals surface area contributed by atoms with Crippen molar-refractivity contribution in [1.82, 2.24) is 4.98 Å². The van der Waals surface area contributed by atoms with Gasteiger partial charge in [0.05, 0.1) is 23.3 Å². The van der Waals surface area contributed by atoms with Crippen LogP contribution >= 0.6 is 11.8 Å². The number of carbonyl (C=O) groups excluding carboxylic acids is 1. The SMILES string of the molecule is CC1=CSC(Nc2ccccc2N2CCc3ccc(C(N)=O)cc3C2)N1c1cccnc1. The first kappa shape index (κ1) is 20.5. The number of anilines is 3. The number of allylic oxidation sites excluding steroid dienone is 1. The molecule has 2 aromatic carbocycles. The van der Waals surface area contributed by atoms with Crippen LogP contribution in [0.15, 0.2) is 78.1 Å². The molecule has 0 spiro atoms. The minimum Gasteiger partial charge on any atom is -0.366 e. The van der Waals surface area contributed by atoms with Gasteiger partial charge in [0, 0.05) is 30.5 Å². The molecule has 0 saturated heterocycles. The molecule has 162 valence electrons. The molecule has 1 aromatic heterocycles. The molecule has 1 unspecified atom stereocenters. The third-order valence-corrected chi connectivity index (χ3v) is 7.00. The van der Waals surface area contributed by atoms with E-state index in [1.165, 1.54) is 11.3 Å². The molecule has 6 nitrogen and oxygen atoms in total. The maximum Gasteiger partial charge on any atom is 0.248 e. The Kier molecular flexibility index (Phi) is 5.49. The van der Waals surface area contributed by atoms with Crippen molar-refractivity contribution in [3.63, 3.8) is 0 Å². The lowest BCUT2D eigenvalue weighted by atomic mass is 9.96. The van der Waals surface area contributed by atoms with Gasteiger partial charge in [0.25, 0.3) is 0 Å². The minimum atomic E-state index is -0.386. The highest BCUT2D eigenvalue weighted by atomic mass is 32.2. The van der Waals surface area contributed by atoms with Crippen molar-refractivity contribution in [1.29, 1.82) is 0 Å². The second-order valence-electron chi connectivity index (χ2n) is 8.01. The Morgan fingerprint density at radius 1 is 1.16 bits per heavy atom. The number of thioether (sulfide) groups is 1. The van der Waals surface area contributed by atoms with Gasteiger partial charge in [0.2, 0.25) is 5.91 Å². The molecule has 3 heterocycles. The summed E-state index contributed by atoms with van der Waals surface area (Å²) in [5.74, 6) is -0.386. The Hall–Kier alpha value is -3.45. The van der Waals surface area contributed by atoms with Gasteiger partial charge in [-0.3, -0.25) is 9.78 Å². The predicted octanol–water partition coefficient (Wildman–Crippen LogP) is 4.55. The normalized spacial score (nSPS) is 17.7. The average molecular weight is 444 g/mol. The molecular weight excluding hydrogens is 418 g/mol. The van der Waals surface area contributed by atoms with Crippen LogP contribution in [0, 0.1) is 0 Å². The Morgan fingerprint density at radius 3 is 2.84 bits per heavy atom. The molecular formula is C25H25N5OS. The van der Waals surface area contributed by atoms with Gasteiger partial charge in [-0.2, -0.15) is 0 Å². The number of benzene rings is 2. The van der Waals surface area contributed by atoms with E-state index in [0.29, 0.717) is 5.56 Å². The number of primary amides is 1. The van der Waals surface area contributed by atoms with E-state index in [4.69, 9.17) is 5.73 Å². The number of nitrogens with one attached hydrogen (secondary N) is 1. The number of nitrogens with zero attached hydrogens (tertiary/aromatic N) is 3. The monoisotopic (exact) mass is 443 g/mol. The molecule has 0 fully saturated rings. The number of hydrogen-bond donors (Lipinski definition) is 2. The standard InChI is InChI=1S/C25H25N5OS/c1-17-16-32-25(30(17)21-5-4-11-27-14-21)28-22-6-2-3-7-23(22)29-12-10-18-8-9-19(24(26)31)13-20(18)15-29/h2-9,11,13-14,16,25,28H,10,12,15H2,1H3,(H2,26,31). The maximum atomic E-state index is 11.6. The smallest absolute Gasteiger partial charge is 0.248 e. The molecule has 0 radical (unpaired) electrons. The highest BCUT2D eigenvalue weighted by molar-refractivity contribution is 8.03. The Morgan fingerprint density at radius 2 is 2.03 bits per heavy atom. The molecule has 0 bridgehead atoms. The number of para-hydroxylation sites is 2. The summed E-state index contributed by atoms with van der Waals surface area (Å²) in [7, 11) is 0. The molecule has 2 aliphatic heterocycles. The lowest BCUT2D eigenvalue weighted by molar-refractivity contribution is 0.1000. The van der Waals surface area contributed by atoms with Crippen molar-refractivity contribution in [2.75, 3.05) is 21.7 Å². The van der Waals surface area contributed by atoms with Crippen molar-refractivity contribution in [2.45, 2.75) is 25.4 Å². The van der Waals surface area contributed by atoms with Crippen LogP contribution in [0.5, 0.6) is 0 Å². The minimum absolute atomic E-state index is 0.0406. The summed E-state index contributed by atoms with van der Waals surface area (Å²) in [4.78, 5) is 20.6. The summed E-state index contributed by atoms with van der Waals surface area (Å²) >= 11 is 1.75. The summed E-state index contributed by atoms with van der Waals surface area (Å²) in [5, 5.41) is 5.91. The van der Waals surface area contributed by atoms with Crippen molar-refractivity contribution < 1.29 is 4.79 Å². The number of aromatic nitrogens is 1. The van der Waals surface area contributed by atoms with Gasteiger partial charge in [-0.15, -0.1) is 0 Å². The summed E-state index contributed by atoms with van der Waals surface area (Å²) in [6.45, 7) is 3.78. The van der Waals surface area contributed by atoms with Gasteiger partial charge in [-0.05, 0) is 66.3 Å². The zero-order valence-corrected chi connectivity index (χ0v) is 18.7. The van der Waals surface area contributed by atoms with E-state index < -0.39 is 0 Å². The molecule has 1 atom stereocenters. The number of amides is 1. The Labute approximate surface area is 192 Å². The van der Waals surface area contributed by atoms with Gasteiger partial charge < -0.3 is 20.9 Å². The second kappa shape index (κ2) is 8.59. The summed E-state index contributed by atoms with van der Waals surface area (Å²) < 4.78 is 0. The number of rotatable bonds is 5. The van der Waals surface area contributed by atoms with E-state index in [2.05, 4.69) is 62.8 Å². The van der Waals surface area contributed by atoms with Crippen LogP contribution in [-0.4, -0.2) is 22.9 Å². The molecule has 2 aliphatic rings. The summed E-state index contributed by atoms with van der Waals surface area (Å²) in [6.07, 6.45) is 4.62. The van der Waals surface area contributed by atoms with Crippen LogP contribution in [0.25, 0.3) is 0 Å². The third kappa shape index (κ3) is 3.91. The lowest BCUT2D eigenvalue weighted by Crippen LogP contribution is -2.35. The van der Waals surface area contributed by atoms with Crippen molar-refractivity contribution in [3.8, 4) is 0 Å². The van der Waals surface area contributed by atoms with Crippen LogP contribution < -0.4 is 20.9 Å². The fourth-order valence-electron chi connectivity index (χ4n) is 4.32. The molecule has 0 aliphatic carbocycles. The highest BCUT2D eigenvalue weighted by Crippen LogP contribution is 2.38. The maximum absolute atomic E-state index is 11.6. The number of pyridine rings is 1. The highest BCUT2D eigenvalue weighted by Gasteiger charge is 2.27. The number of nitrogens with two attached hydrogens (primary N) is 1. The molecule has 3 aromatic rings. The van der Waals surface area contributed by atoms with Gasteiger partial charge in [0.1, 0.15) is 0 Å². The molecule has 7 heteroatoms. The molecule has 0 saturated carbocycles. The first-order valence-electron chi connectivity index (χ1n) is 10.6. The van der Waals surface area contributed by atoms with E-state index in [1.54, 1.807) is 18.0 Å². The van der Waals surface area contributed by atoms with E-state index in [0.717, 1.165) is 42.1 Å². The average Bonchev–Trinajstić information content (AvgIpc) is 3.19. The van der Waals surface area contributed by atoms with E-state index in [9.17, 15) is 4.79 Å². The molecule has 1 amide bonds. The van der Waals surface area contributed by atoms with Crippen LogP contribution in [0.3, 0.4) is 0 Å². The largest absolute Gasteiger partial charge is 0.366 e. The first-order chi connectivity index (χ1) is 15.6. The number of fused-ring (bicyclic) bond motifs is 1. The molecule has 32 heavy (non-hydrogen) atoms. The Balaban J connectivity index is 1.40. The summed E-state index contributed by atoms with van der Waals surface area (Å²) in [5.41, 5.74) is 13.0. The van der Waals surface area contributed by atoms with Crippen LogP contribution in [0.1, 0.15) is 28.4 Å². The number of hydrogen-bond acceptors (Lipinski definition) is 6. The van der Waals surface area contributed by atoms with Gasteiger partial charge in [-0.25, -0.2) is 0 Å². The van der Waals surface area contributed by atoms with E-state index in [1.807, 2.05) is 30.5 Å². The van der Waals surface area contributed by atoms with Crippen LogP contribution in [-0.2, 0) is 13.0 Å². The Bertz CT molecular complexity index is 1180. The fourth-order valence-corrected chi connectivity index (χ4v) is 5.36. The van der Waals surface area contributed by atoms with Crippen molar-refractivity contribution >= 4 is 34.7 Å². The van der Waals surface area contributed by atoms with Gasteiger partial charge in [-0.1, -0.05) is 30.0 Å². The predicted molar refractivity (Wildman–Crippen MR) is 132 cm³/mol. The van der Waals surface area contributed by atoms with E-state index >= 15 is 0 Å². The van der Waals surface area contributed by atoms with Crippen molar-refractivity contribution in [3.05, 3.63) is 94.8 Å². The van der Waals surface area contributed by atoms with E-state index in [-0.39, 0.29) is 11.4 Å². The third-order valence-electron chi connectivity index (χ3n) is 5.93. The summed E-state index contributed by atoms with van der Waals surface area (Å²) in [6, 6.07) is 18.2. The van der Waals surface area contributed by atoms with Crippen molar-refractivity contribution in [2.24, 2.45) is 5.73 Å². The first-order valence-corrected chi connectivity index (χ1v) is 11.6. The molecule has 3 N–H and O–H groups in total. The quantitative estimate of drug-likeness (QED) is 0.603. The zero-order chi connectivity index (χ0) is 22.1. The topological polar surface area (TPSA) is 74.5 Å². The van der Waals surface area contributed by atoms with Crippen LogP contribution in [0.2, 0.25) is 0 Å². The number of carbonyl (C=O) groups is 1. The van der Waals surface area contributed by atoms with Crippen LogP contribution in [0.4, 0.5) is 17.1 Å². The lowest BCUT2D eigenvalue weighted by Gasteiger charge is -2.34. The van der Waals surface area contributed by atoms with Gasteiger partial charge in [0.15, 0.2) is 5.50 Å². The fraction of sp³-hybridized carbons (Fsp3) is 0.200. The molecule has 5 rings (SSSR count). The van der Waals surface area contributed by atoms with Gasteiger partial charge >= 0.3 is 0 Å². The zero-order valence-electron chi connectivity index (χ0n) is 17.9.